The van der Waals surface area contributed by atoms with E-state index in [4.69, 9.17) is 0 Å². The van der Waals surface area contributed by atoms with Crippen molar-refractivity contribution < 1.29 is 9.59 Å². The van der Waals surface area contributed by atoms with Gasteiger partial charge in [0.25, 0.3) is 0 Å². The molecule has 0 unspecified atom stereocenters. The van der Waals surface area contributed by atoms with Gasteiger partial charge in [0.15, 0.2) is 0 Å². The average Bonchev–Trinajstić information content (AvgIpc) is 3.06. The van der Waals surface area contributed by atoms with Gasteiger partial charge in [0.1, 0.15) is 0 Å². The predicted molar refractivity (Wildman–Crippen MR) is 88.7 cm³/mol. The van der Waals surface area contributed by atoms with E-state index in [1.807, 2.05) is 22.4 Å². The van der Waals surface area contributed by atoms with Gasteiger partial charge in [-0.05, 0) is 31.5 Å². The third kappa shape index (κ3) is 4.08. The number of rotatable bonds is 5. The molecule has 1 aliphatic heterocycles. The maximum Gasteiger partial charge on any atom is 0.225 e. The molecule has 2 rings (SSSR count). The van der Waals surface area contributed by atoms with E-state index < -0.39 is 0 Å². The van der Waals surface area contributed by atoms with Gasteiger partial charge in [-0.25, -0.2) is 0 Å². The van der Waals surface area contributed by atoms with Gasteiger partial charge >= 0.3 is 0 Å². The van der Waals surface area contributed by atoms with Crippen LogP contribution >= 0.6 is 11.3 Å². The number of carbonyl (C=O) groups excluding carboxylic acids is 2. The highest BCUT2D eigenvalue weighted by Gasteiger charge is 2.34. The third-order valence-electron chi connectivity index (χ3n) is 4.23. The van der Waals surface area contributed by atoms with E-state index >= 15 is 0 Å². The van der Waals surface area contributed by atoms with Crippen LogP contribution in [-0.4, -0.2) is 54.8 Å². The first-order chi connectivity index (χ1) is 10.4. The van der Waals surface area contributed by atoms with Gasteiger partial charge in [0.2, 0.25) is 11.8 Å². The van der Waals surface area contributed by atoms with Crippen LogP contribution in [0.2, 0.25) is 0 Å². The van der Waals surface area contributed by atoms with Crippen LogP contribution in [-0.2, 0) is 9.59 Å². The average molecular weight is 323 g/mol. The van der Waals surface area contributed by atoms with Gasteiger partial charge in [-0.1, -0.05) is 13.0 Å². The summed E-state index contributed by atoms with van der Waals surface area (Å²) in [6, 6.07) is 4.09. The van der Waals surface area contributed by atoms with Crippen molar-refractivity contribution in [3.8, 4) is 0 Å². The molecule has 0 radical (unpaired) electrons. The summed E-state index contributed by atoms with van der Waals surface area (Å²) in [4.78, 5) is 29.2. The molecule has 122 valence electrons. The Morgan fingerprint density at radius 3 is 2.68 bits per heavy atom. The number of carbonyl (C=O) groups is 2. The van der Waals surface area contributed by atoms with Crippen molar-refractivity contribution >= 4 is 23.2 Å². The maximum absolute atomic E-state index is 12.6. The highest BCUT2D eigenvalue weighted by atomic mass is 32.1. The Bertz CT molecular complexity index is 515. The number of nitrogens with one attached hydrogen (secondary N) is 1. The first kappa shape index (κ1) is 17.0. The molecule has 1 aromatic heterocycles. The van der Waals surface area contributed by atoms with E-state index in [2.05, 4.69) is 31.2 Å². The third-order valence-corrected chi connectivity index (χ3v) is 5.22. The van der Waals surface area contributed by atoms with Crippen LogP contribution < -0.4 is 5.32 Å². The Morgan fingerprint density at radius 1 is 1.45 bits per heavy atom. The van der Waals surface area contributed by atoms with Crippen molar-refractivity contribution in [2.75, 3.05) is 27.2 Å². The molecule has 2 amide bonds. The Balaban J connectivity index is 2.01. The molecule has 0 spiro atoms. The van der Waals surface area contributed by atoms with E-state index in [1.165, 1.54) is 6.92 Å². The van der Waals surface area contributed by atoms with Crippen molar-refractivity contribution in [2.24, 2.45) is 5.92 Å². The summed E-state index contributed by atoms with van der Waals surface area (Å²) in [5.74, 6) is 0.482. The summed E-state index contributed by atoms with van der Waals surface area (Å²) in [5.41, 5.74) is 0. The minimum Gasteiger partial charge on any atom is -0.348 e. The second kappa shape index (κ2) is 7.24. The highest BCUT2D eigenvalue weighted by Crippen LogP contribution is 2.26. The van der Waals surface area contributed by atoms with E-state index in [0.717, 1.165) is 18.0 Å². The molecular formula is C16H25N3O2S. The summed E-state index contributed by atoms with van der Waals surface area (Å²) in [7, 11) is 4.11. The molecule has 0 aliphatic carbocycles. The molecule has 1 aliphatic rings. The normalized spacial score (nSPS) is 22.9. The lowest BCUT2D eigenvalue weighted by molar-refractivity contribution is -0.131. The summed E-state index contributed by atoms with van der Waals surface area (Å²) < 4.78 is 0. The van der Waals surface area contributed by atoms with Gasteiger partial charge in [0.05, 0.1) is 12.5 Å². The molecule has 6 heteroatoms. The van der Waals surface area contributed by atoms with E-state index in [-0.39, 0.29) is 17.9 Å². The molecule has 0 bridgehead atoms. The molecular weight excluding hydrogens is 298 g/mol. The zero-order chi connectivity index (χ0) is 16.3. The standard InChI is InChI=1S/C16H25N3O2S/c1-11-9-19(10-14(11)18(3)4)16(21)8-13(17-12(2)20)15-6-5-7-22-15/h5-7,11,13-14H,8-10H2,1-4H3,(H,17,20)/t11-,13-,14+/m1/s1. The topological polar surface area (TPSA) is 52.7 Å². The van der Waals surface area contributed by atoms with Crippen molar-refractivity contribution in [1.82, 2.24) is 15.1 Å². The van der Waals surface area contributed by atoms with Crippen molar-refractivity contribution in [3.63, 3.8) is 0 Å². The number of hydrogen-bond donors (Lipinski definition) is 1. The lowest BCUT2D eigenvalue weighted by atomic mass is 10.1. The lowest BCUT2D eigenvalue weighted by Crippen LogP contribution is -2.37. The minimum atomic E-state index is -0.223. The summed E-state index contributed by atoms with van der Waals surface area (Å²) in [5, 5.41) is 4.86. The number of amides is 2. The second-order valence-electron chi connectivity index (χ2n) is 6.28. The van der Waals surface area contributed by atoms with Crippen molar-refractivity contribution in [1.29, 1.82) is 0 Å². The van der Waals surface area contributed by atoms with E-state index in [1.54, 1.807) is 11.3 Å². The quantitative estimate of drug-likeness (QED) is 0.898. The van der Waals surface area contributed by atoms with Gasteiger partial charge in [-0.2, -0.15) is 0 Å². The van der Waals surface area contributed by atoms with Gasteiger partial charge in [-0.15, -0.1) is 11.3 Å². The smallest absolute Gasteiger partial charge is 0.225 e. The summed E-state index contributed by atoms with van der Waals surface area (Å²) in [6.07, 6.45) is 0.326. The number of likely N-dealkylation sites (tertiary alicyclic amines) is 1. The Labute approximate surface area is 136 Å². The maximum atomic E-state index is 12.6. The van der Waals surface area contributed by atoms with Crippen LogP contribution in [0.5, 0.6) is 0 Å². The number of thiophene rings is 1. The molecule has 22 heavy (non-hydrogen) atoms. The Hall–Kier alpha value is -1.40. The molecule has 1 fully saturated rings. The second-order valence-corrected chi connectivity index (χ2v) is 7.26. The van der Waals surface area contributed by atoms with Crippen LogP contribution in [0.4, 0.5) is 0 Å². The highest BCUT2D eigenvalue weighted by molar-refractivity contribution is 7.10. The molecule has 5 nitrogen and oxygen atoms in total. The Morgan fingerprint density at radius 2 is 2.18 bits per heavy atom. The fraction of sp³-hybridized carbons (Fsp3) is 0.625. The predicted octanol–water partition coefficient (Wildman–Crippen LogP) is 1.72. The number of nitrogens with zero attached hydrogens (tertiary/aromatic N) is 2. The first-order valence-electron chi connectivity index (χ1n) is 7.63. The van der Waals surface area contributed by atoms with Crippen LogP contribution in [0, 0.1) is 5.92 Å². The molecule has 1 aromatic rings. The molecule has 3 atom stereocenters. The van der Waals surface area contributed by atoms with Crippen molar-refractivity contribution in [3.05, 3.63) is 22.4 Å². The largest absolute Gasteiger partial charge is 0.348 e. The van der Waals surface area contributed by atoms with Gasteiger partial charge < -0.3 is 15.1 Å². The van der Waals surface area contributed by atoms with Crippen LogP contribution in [0.3, 0.4) is 0 Å². The summed E-state index contributed by atoms with van der Waals surface area (Å²) >= 11 is 1.57. The monoisotopic (exact) mass is 323 g/mol. The van der Waals surface area contributed by atoms with Crippen LogP contribution in [0.25, 0.3) is 0 Å². The van der Waals surface area contributed by atoms with E-state index in [9.17, 15) is 9.59 Å². The fourth-order valence-electron chi connectivity index (χ4n) is 3.09. The molecule has 0 aromatic carbocycles. The fourth-order valence-corrected chi connectivity index (χ4v) is 3.86. The van der Waals surface area contributed by atoms with Crippen LogP contribution in [0.1, 0.15) is 31.2 Å². The van der Waals surface area contributed by atoms with Crippen LogP contribution in [0.15, 0.2) is 17.5 Å². The molecule has 0 saturated carbocycles. The van der Waals surface area contributed by atoms with E-state index in [0.29, 0.717) is 18.4 Å². The Kier molecular flexibility index (Phi) is 5.58. The van der Waals surface area contributed by atoms with Gasteiger partial charge in [-0.3, -0.25) is 9.59 Å². The molecule has 2 heterocycles. The summed E-state index contributed by atoms with van der Waals surface area (Å²) in [6.45, 7) is 5.23. The number of likely N-dealkylation sites (N-methyl/N-ethyl adjacent to an activating group) is 1. The zero-order valence-corrected chi connectivity index (χ0v) is 14.5. The number of hydrogen-bond acceptors (Lipinski definition) is 4. The zero-order valence-electron chi connectivity index (χ0n) is 13.7. The first-order valence-corrected chi connectivity index (χ1v) is 8.51. The lowest BCUT2D eigenvalue weighted by Gasteiger charge is -2.23. The SMILES string of the molecule is CC(=O)N[C@H](CC(=O)N1C[C@@H](C)[C@@H](N(C)C)C1)c1cccs1. The van der Waals surface area contributed by atoms with Crippen molar-refractivity contribution in [2.45, 2.75) is 32.4 Å². The molecule has 1 saturated heterocycles. The van der Waals surface area contributed by atoms with Gasteiger partial charge in [0, 0.05) is 30.9 Å². The minimum absolute atomic E-state index is 0.104. The molecule has 1 N–H and O–H groups in total.